The third-order valence-corrected chi connectivity index (χ3v) is 7.97. The first-order valence-corrected chi connectivity index (χ1v) is 12.5. The number of piperazine rings is 1. The highest BCUT2D eigenvalue weighted by Gasteiger charge is 2.27. The highest BCUT2D eigenvalue weighted by atomic mass is 32.1. The van der Waals surface area contributed by atoms with E-state index in [0.717, 1.165) is 55.2 Å². The monoisotopic (exact) mass is 446 g/mol. The van der Waals surface area contributed by atoms with Crippen molar-refractivity contribution in [3.05, 3.63) is 64.3 Å². The number of hydrogen-bond acceptors (Lipinski definition) is 5. The van der Waals surface area contributed by atoms with Crippen molar-refractivity contribution in [3.63, 3.8) is 0 Å². The third-order valence-electron chi connectivity index (χ3n) is 6.79. The second-order valence-electron chi connectivity index (χ2n) is 8.80. The van der Waals surface area contributed by atoms with Crippen LogP contribution in [0.2, 0.25) is 0 Å². The third kappa shape index (κ3) is 4.04. The molecule has 3 aromatic rings. The summed E-state index contributed by atoms with van der Waals surface area (Å²) in [5.74, 6) is 2.03. The van der Waals surface area contributed by atoms with E-state index in [1.807, 2.05) is 16.2 Å². The molecule has 1 saturated heterocycles. The topological polar surface area (TPSA) is 49.3 Å². The molecule has 5 nitrogen and oxygen atoms in total. The summed E-state index contributed by atoms with van der Waals surface area (Å²) in [7, 11) is 0. The number of carbonyl (C=O) groups is 1. The van der Waals surface area contributed by atoms with Gasteiger partial charge in [-0.1, -0.05) is 30.8 Å². The van der Waals surface area contributed by atoms with Gasteiger partial charge in [0.1, 0.15) is 16.5 Å². The van der Waals surface area contributed by atoms with Crippen molar-refractivity contribution in [1.82, 2.24) is 14.9 Å². The van der Waals surface area contributed by atoms with Crippen LogP contribution in [0.1, 0.15) is 40.2 Å². The van der Waals surface area contributed by atoms with Crippen LogP contribution in [0, 0.1) is 6.92 Å². The van der Waals surface area contributed by atoms with Crippen molar-refractivity contribution in [2.45, 2.75) is 45.4 Å². The highest BCUT2D eigenvalue weighted by Crippen LogP contribution is 2.40. The van der Waals surface area contributed by atoms with Gasteiger partial charge in [-0.2, -0.15) is 0 Å². The van der Waals surface area contributed by atoms with Crippen molar-refractivity contribution < 1.29 is 4.79 Å². The van der Waals surface area contributed by atoms with Gasteiger partial charge in [-0.15, -0.1) is 11.3 Å². The van der Waals surface area contributed by atoms with Crippen LogP contribution >= 0.6 is 11.3 Å². The Morgan fingerprint density at radius 1 is 1.09 bits per heavy atom. The standard InChI is InChI=1S/C26H30N4OS/c1-3-23(31)29-14-16-30(17-15-29)25-24-20-10-6-7-11-21(20)32-26(24)28-22(27-25)13-12-19-9-5-4-8-18(19)2/h3-5,8-9H,1,6-7,10-17H2,2H3. The Morgan fingerprint density at radius 2 is 1.88 bits per heavy atom. The molecular formula is C26H30N4OS. The lowest BCUT2D eigenvalue weighted by molar-refractivity contribution is -0.126. The van der Waals surface area contributed by atoms with Crippen LogP contribution < -0.4 is 4.90 Å². The number of nitrogens with zero attached hydrogens (tertiary/aromatic N) is 4. The van der Waals surface area contributed by atoms with Crippen molar-refractivity contribution in [3.8, 4) is 0 Å². The molecule has 2 aliphatic rings. The molecule has 1 aromatic carbocycles. The number of carbonyl (C=O) groups excluding carboxylic acids is 1. The second-order valence-corrected chi connectivity index (χ2v) is 9.88. The van der Waals surface area contributed by atoms with E-state index in [9.17, 15) is 4.79 Å². The molecule has 0 N–H and O–H groups in total. The Kier molecular flexibility index (Phi) is 5.96. The molecule has 0 bridgehead atoms. The van der Waals surface area contributed by atoms with Crippen molar-refractivity contribution in [2.24, 2.45) is 0 Å². The zero-order valence-electron chi connectivity index (χ0n) is 18.8. The lowest BCUT2D eigenvalue weighted by Gasteiger charge is -2.35. The Bertz CT molecular complexity index is 1160. The minimum atomic E-state index is 0.0179. The average molecular weight is 447 g/mol. The summed E-state index contributed by atoms with van der Waals surface area (Å²) < 4.78 is 0. The molecule has 0 radical (unpaired) electrons. The van der Waals surface area contributed by atoms with E-state index in [1.54, 1.807) is 0 Å². The van der Waals surface area contributed by atoms with Gasteiger partial charge < -0.3 is 9.80 Å². The molecule has 166 valence electrons. The smallest absolute Gasteiger partial charge is 0.246 e. The Hall–Kier alpha value is -2.73. The van der Waals surface area contributed by atoms with Gasteiger partial charge in [-0.25, -0.2) is 9.97 Å². The van der Waals surface area contributed by atoms with Crippen LogP contribution in [0.15, 0.2) is 36.9 Å². The van der Waals surface area contributed by atoms with E-state index in [0.29, 0.717) is 13.1 Å². The average Bonchev–Trinajstić information content (AvgIpc) is 3.21. The summed E-state index contributed by atoms with van der Waals surface area (Å²) in [6.45, 7) is 8.82. The highest BCUT2D eigenvalue weighted by molar-refractivity contribution is 7.19. The maximum atomic E-state index is 12.0. The lowest BCUT2D eigenvalue weighted by Crippen LogP contribution is -2.48. The van der Waals surface area contributed by atoms with E-state index in [2.05, 4.69) is 42.7 Å². The minimum absolute atomic E-state index is 0.0179. The van der Waals surface area contributed by atoms with Gasteiger partial charge in [0.15, 0.2) is 0 Å². The zero-order valence-corrected chi connectivity index (χ0v) is 19.6. The number of thiophene rings is 1. The fourth-order valence-corrected chi connectivity index (χ4v) is 6.20. The molecule has 1 aliphatic heterocycles. The predicted octanol–water partition coefficient (Wildman–Crippen LogP) is 4.50. The van der Waals surface area contributed by atoms with Crippen LogP contribution in [-0.2, 0) is 30.5 Å². The van der Waals surface area contributed by atoms with Gasteiger partial charge in [-0.05, 0) is 61.8 Å². The zero-order chi connectivity index (χ0) is 22.1. The summed E-state index contributed by atoms with van der Waals surface area (Å²) in [6.07, 6.45) is 8.01. The Balaban J connectivity index is 1.48. The van der Waals surface area contributed by atoms with Crippen LogP contribution in [0.4, 0.5) is 5.82 Å². The van der Waals surface area contributed by atoms with Crippen LogP contribution in [0.5, 0.6) is 0 Å². The van der Waals surface area contributed by atoms with E-state index in [4.69, 9.17) is 9.97 Å². The lowest BCUT2D eigenvalue weighted by atomic mass is 9.96. The van der Waals surface area contributed by atoms with Crippen molar-refractivity contribution in [1.29, 1.82) is 0 Å². The molecule has 3 heterocycles. The fourth-order valence-electron chi connectivity index (χ4n) is 4.93. The van der Waals surface area contributed by atoms with E-state index in [1.165, 1.54) is 45.9 Å². The number of hydrogen-bond donors (Lipinski definition) is 0. The van der Waals surface area contributed by atoms with Crippen molar-refractivity contribution in [2.75, 3.05) is 31.1 Å². The minimum Gasteiger partial charge on any atom is -0.352 e. The number of anilines is 1. The fraction of sp³-hybridized carbons (Fsp3) is 0.423. The quantitative estimate of drug-likeness (QED) is 0.542. The first-order valence-electron chi connectivity index (χ1n) is 11.7. The molecule has 0 saturated carbocycles. The molecule has 0 atom stereocenters. The van der Waals surface area contributed by atoms with Crippen LogP contribution in [0.25, 0.3) is 10.2 Å². The van der Waals surface area contributed by atoms with Crippen molar-refractivity contribution >= 4 is 33.3 Å². The largest absolute Gasteiger partial charge is 0.352 e. The SMILES string of the molecule is C=CC(=O)N1CCN(c2nc(CCc3ccccc3C)nc3sc4c(c23)CCCC4)CC1. The van der Waals surface area contributed by atoms with Gasteiger partial charge in [0, 0.05) is 37.5 Å². The molecule has 2 aromatic heterocycles. The van der Waals surface area contributed by atoms with E-state index in [-0.39, 0.29) is 5.91 Å². The Morgan fingerprint density at radius 3 is 2.66 bits per heavy atom. The normalized spacial score (nSPS) is 16.3. The molecular weight excluding hydrogens is 416 g/mol. The van der Waals surface area contributed by atoms with Gasteiger partial charge in [-0.3, -0.25) is 4.79 Å². The summed E-state index contributed by atoms with van der Waals surface area (Å²) in [6, 6.07) is 8.57. The van der Waals surface area contributed by atoms with Crippen LogP contribution in [0.3, 0.4) is 0 Å². The number of fused-ring (bicyclic) bond motifs is 3. The predicted molar refractivity (Wildman–Crippen MR) is 132 cm³/mol. The Labute approximate surface area is 193 Å². The molecule has 5 rings (SSSR count). The number of aryl methyl sites for hydroxylation is 5. The van der Waals surface area contributed by atoms with E-state index < -0.39 is 0 Å². The first kappa shape index (κ1) is 21.1. The summed E-state index contributed by atoms with van der Waals surface area (Å²) in [5.41, 5.74) is 4.16. The first-order chi connectivity index (χ1) is 15.6. The number of aromatic nitrogens is 2. The molecule has 1 fully saturated rings. The maximum absolute atomic E-state index is 12.0. The maximum Gasteiger partial charge on any atom is 0.246 e. The summed E-state index contributed by atoms with van der Waals surface area (Å²) >= 11 is 1.87. The summed E-state index contributed by atoms with van der Waals surface area (Å²) in [5, 5.41) is 1.27. The van der Waals surface area contributed by atoms with E-state index >= 15 is 0 Å². The molecule has 1 amide bonds. The second kappa shape index (κ2) is 9.02. The number of rotatable bonds is 5. The van der Waals surface area contributed by atoms with Gasteiger partial charge in [0.2, 0.25) is 5.91 Å². The molecule has 0 spiro atoms. The number of amides is 1. The van der Waals surface area contributed by atoms with Gasteiger partial charge >= 0.3 is 0 Å². The molecule has 1 aliphatic carbocycles. The van der Waals surface area contributed by atoms with Gasteiger partial charge in [0.25, 0.3) is 0 Å². The number of benzene rings is 1. The summed E-state index contributed by atoms with van der Waals surface area (Å²) in [4.78, 5) is 29.1. The molecule has 0 unspecified atom stereocenters. The van der Waals surface area contributed by atoms with Gasteiger partial charge in [0.05, 0.1) is 5.39 Å². The molecule has 32 heavy (non-hydrogen) atoms. The molecule has 6 heteroatoms. The van der Waals surface area contributed by atoms with Crippen LogP contribution in [-0.4, -0.2) is 47.0 Å².